The van der Waals surface area contributed by atoms with Crippen molar-refractivity contribution in [2.75, 3.05) is 20.3 Å². The van der Waals surface area contributed by atoms with Crippen LogP contribution in [0.1, 0.15) is 12.5 Å². The van der Waals surface area contributed by atoms with Crippen molar-refractivity contribution in [2.45, 2.75) is 25.6 Å². The number of aromatic hydroxyl groups is 1. The first-order valence-corrected chi connectivity index (χ1v) is 8.47. The molecule has 28 heavy (non-hydrogen) atoms. The summed E-state index contributed by atoms with van der Waals surface area (Å²) in [5.74, 6) is 0.244. The smallest absolute Gasteiger partial charge is 0.242 e. The minimum Gasteiger partial charge on any atom is -0.504 e. The molecule has 1 aromatic heterocycles. The average Bonchev–Trinajstić information content (AvgIpc) is 2.89. The van der Waals surface area contributed by atoms with Gasteiger partial charge in [-0.3, -0.25) is 9.78 Å². The Morgan fingerprint density at radius 2 is 2.11 bits per heavy atom. The third kappa shape index (κ3) is 5.05. The van der Waals surface area contributed by atoms with Crippen molar-refractivity contribution in [2.24, 2.45) is 5.73 Å². The highest BCUT2D eigenvalue weighted by Crippen LogP contribution is 2.37. The number of aromatic nitrogens is 1. The molecule has 0 unspecified atom stereocenters. The number of phenolic OH excluding ortho intramolecular Hbond substituents is 1. The van der Waals surface area contributed by atoms with Crippen molar-refractivity contribution in [3.63, 3.8) is 0 Å². The Balaban J connectivity index is 0.00000196. The van der Waals surface area contributed by atoms with E-state index in [4.69, 9.17) is 15.2 Å². The lowest BCUT2D eigenvalue weighted by Gasteiger charge is -2.26. The van der Waals surface area contributed by atoms with Gasteiger partial charge in [-0.25, -0.2) is 0 Å². The number of halogens is 2. The number of hydrogen-bond acceptors (Lipinski definition) is 6. The van der Waals surface area contributed by atoms with Crippen molar-refractivity contribution in [1.29, 1.82) is 0 Å². The first-order valence-electron chi connectivity index (χ1n) is 8.47. The summed E-state index contributed by atoms with van der Waals surface area (Å²) >= 11 is 0. The first-order chi connectivity index (χ1) is 12.5. The molecule has 2 atom stereocenters. The maximum atomic E-state index is 12.7. The van der Waals surface area contributed by atoms with Crippen LogP contribution in [0.4, 0.5) is 0 Å². The second-order valence-corrected chi connectivity index (χ2v) is 6.30. The van der Waals surface area contributed by atoms with Gasteiger partial charge in [-0.1, -0.05) is 6.07 Å². The number of fused-ring (bicyclic) bond motifs is 1. The molecule has 1 aliphatic heterocycles. The molecule has 2 heterocycles. The summed E-state index contributed by atoms with van der Waals surface area (Å²) in [5, 5.41) is 10.4. The highest BCUT2D eigenvalue weighted by molar-refractivity contribution is 5.85. The van der Waals surface area contributed by atoms with Crippen LogP contribution in [0.3, 0.4) is 0 Å². The summed E-state index contributed by atoms with van der Waals surface area (Å²) in [7, 11) is 1.52. The maximum Gasteiger partial charge on any atom is 0.242 e. The van der Waals surface area contributed by atoms with Gasteiger partial charge in [0.25, 0.3) is 0 Å². The van der Waals surface area contributed by atoms with Crippen LogP contribution in [-0.2, 0) is 16.1 Å². The van der Waals surface area contributed by atoms with Gasteiger partial charge in [-0.15, -0.1) is 24.8 Å². The highest BCUT2D eigenvalue weighted by atomic mass is 35.5. The molecular formula is C19H25Cl2N3O4. The van der Waals surface area contributed by atoms with E-state index in [1.54, 1.807) is 30.3 Å². The van der Waals surface area contributed by atoms with E-state index in [-0.39, 0.29) is 49.2 Å². The van der Waals surface area contributed by atoms with Gasteiger partial charge in [0.05, 0.1) is 12.6 Å². The van der Waals surface area contributed by atoms with E-state index in [0.717, 1.165) is 16.7 Å². The van der Waals surface area contributed by atoms with Crippen molar-refractivity contribution < 1.29 is 19.4 Å². The van der Waals surface area contributed by atoms with Gasteiger partial charge in [-0.05, 0) is 30.7 Å². The molecular weight excluding hydrogens is 405 g/mol. The molecule has 0 saturated heterocycles. The van der Waals surface area contributed by atoms with Gasteiger partial charge >= 0.3 is 0 Å². The lowest BCUT2D eigenvalue weighted by atomic mass is 10.0. The average molecular weight is 430 g/mol. The predicted octanol–water partition coefficient (Wildman–Crippen LogP) is 2.38. The predicted molar refractivity (Wildman–Crippen MR) is 111 cm³/mol. The van der Waals surface area contributed by atoms with Gasteiger partial charge in [0.2, 0.25) is 5.91 Å². The maximum absolute atomic E-state index is 12.7. The Bertz CT molecular complexity index is 792. The first kappa shape index (κ1) is 24.0. The minimum absolute atomic E-state index is 0. The molecule has 9 heteroatoms. The third-order valence-corrected chi connectivity index (χ3v) is 4.58. The van der Waals surface area contributed by atoms with E-state index >= 15 is 0 Å². The van der Waals surface area contributed by atoms with E-state index in [1.807, 2.05) is 18.2 Å². The van der Waals surface area contributed by atoms with Crippen molar-refractivity contribution >= 4 is 30.7 Å². The number of benzene rings is 1. The molecule has 1 aromatic carbocycles. The number of amides is 1. The number of carbonyl (C=O) groups excluding carboxylic acids is 1. The number of hydrogen-bond donors (Lipinski definition) is 2. The van der Waals surface area contributed by atoms with Crippen molar-refractivity contribution in [3.8, 4) is 22.6 Å². The summed E-state index contributed by atoms with van der Waals surface area (Å²) in [6.07, 6.45) is 3.02. The lowest BCUT2D eigenvalue weighted by molar-refractivity contribution is -0.136. The zero-order chi connectivity index (χ0) is 18.7. The summed E-state index contributed by atoms with van der Waals surface area (Å²) in [6.45, 7) is 2.74. The Morgan fingerprint density at radius 3 is 2.75 bits per heavy atom. The Morgan fingerprint density at radius 1 is 1.36 bits per heavy atom. The molecule has 1 amide bonds. The molecule has 7 nitrogen and oxygen atoms in total. The second-order valence-electron chi connectivity index (χ2n) is 6.30. The quantitative estimate of drug-likeness (QED) is 0.773. The van der Waals surface area contributed by atoms with E-state index in [0.29, 0.717) is 18.8 Å². The molecule has 1 aliphatic rings. The number of nitrogens with zero attached hydrogens (tertiary/aromatic N) is 2. The molecule has 3 rings (SSSR count). The molecule has 3 N–H and O–H groups in total. The van der Waals surface area contributed by atoms with Gasteiger partial charge in [-0.2, -0.15) is 0 Å². The normalized spacial score (nSPS) is 15.0. The van der Waals surface area contributed by atoms with Crippen LogP contribution in [0.2, 0.25) is 0 Å². The molecule has 0 spiro atoms. The van der Waals surface area contributed by atoms with Crippen molar-refractivity contribution in [1.82, 2.24) is 9.88 Å². The van der Waals surface area contributed by atoms with E-state index < -0.39 is 6.04 Å². The molecule has 0 aliphatic carbocycles. The van der Waals surface area contributed by atoms with E-state index in [2.05, 4.69) is 4.98 Å². The summed E-state index contributed by atoms with van der Waals surface area (Å²) in [6, 6.07) is 6.53. The largest absolute Gasteiger partial charge is 0.504 e. The van der Waals surface area contributed by atoms with Gasteiger partial charge in [0.1, 0.15) is 12.6 Å². The monoisotopic (exact) mass is 429 g/mol. The standard InChI is InChI=1S/C19H23N3O4.2ClH/c1-12(25-2)17(20)19(24)22-6-7-26-18-15(11-22)8-14(9-16(18)23)13-4-3-5-21-10-13;;/h3-5,8-10,12,17,23H,6-7,11,20H2,1-2H3;2*1H/t12-,17+;;/m1../s1. The summed E-state index contributed by atoms with van der Waals surface area (Å²) in [4.78, 5) is 18.4. The van der Waals surface area contributed by atoms with Gasteiger partial charge in [0, 0.05) is 37.2 Å². The highest BCUT2D eigenvalue weighted by Gasteiger charge is 2.29. The fourth-order valence-corrected chi connectivity index (χ4v) is 2.95. The van der Waals surface area contributed by atoms with Crippen LogP contribution in [0.5, 0.6) is 11.5 Å². The van der Waals surface area contributed by atoms with E-state index in [9.17, 15) is 9.90 Å². The van der Waals surface area contributed by atoms with E-state index in [1.165, 1.54) is 7.11 Å². The fourth-order valence-electron chi connectivity index (χ4n) is 2.95. The molecule has 2 aromatic rings. The molecule has 0 fully saturated rings. The molecule has 0 bridgehead atoms. The van der Waals surface area contributed by atoms with Gasteiger partial charge < -0.3 is 25.2 Å². The number of carbonyl (C=O) groups is 1. The zero-order valence-corrected chi connectivity index (χ0v) is 17.3. The minimum atomic E-state index is -0.753. The summed E-state index contributed by atoms with van der Waals surface area (Å²) in [5.41, 5.74) is 8.42. The van der Waals surface area contributed by atoms with Crippen LogP contribution in [0.15, 0.2) is 36.7 Å². The van der Waals surface area contributed by atoms with Gasteiger partial charge in [0.15, 0.2) is 11.5 Å². The molecule has 0 radical (unpaired) electrons. The van der Waals surface area contributed by atoms with Crippen molar-refractivity contribution in [3.05, 3.63) is 42.2 Å². The number of pyridine rings is 1. The summed E-state index contributed by atoms with van der Waals surface area (Å²) < 4.78 is 10.9. The number of rotatable bonds is 4. The topological polar surface area (TPSA) is 97.9 Å². The second kappa shape index (κ2) is 10.5. The van der Waals surface area contributed by atoms with Crippen LogP contribution in [0, 0.1) is 0 Å². The Kier molecular flexibility index (Phi) is 8.97. The Hall–Kier alpha value is -2.06. The fraction of sp³-hybridized carbons (Fsp3) is 0.368. The Labute approximate surface area is 176 Å². The van der Waals surface area contributed by atoms with Crippen LogP contribution in [0.25, 0.3) is 11.1 Å². The zero-order valence-electron chi connectivity index (χ0n) is 15.7. The number of nitrogens with two attached hydrogens (primary N) is 1. The van der Waals surface area contributed by atoms with Crippen LogP contribution in [-0.4, -0.2) is 53.3 Å². The van der Waals surface area contributed by atoms with Crippen LogP contribution < -0.4 is 10.5 Å². The SMILES string of the molecule is CO[C@H](C)[C@H](N)C(=O)N1CCOc2c(O)cc(-c3cccnc3)cc2C1.Cl.Cl. The lowest BCUT2D eigenvalue weighted by Crippen LogP contribution is -2.50. The number of ether oxygens (including phenoxy) is 2. The molecule has 154 valence electrons. The molecule has 0 saturated carbocycles. The third-order valence-electron chi connectivity index (χ3n) is 4.58. The number of methoxy groups -OCH3 is 1. The van der Waals surface area contributed by atoms with Crippen LogP contribution >= 0.6 is 24.8 Å². The number of phenols is 1.